The van der Waals surface area contributed by atoms with Crippen LogP contribution < -0.4 is 15.4 Å². The van der Waals surface area contributed by atoms with Crippen molar-refractivity contribution in [3.05, 3.63) is 45.8 Å². The van der Waals surface area contributed by atoms with E-state index in [-0.39, 0.29) is 28.7 Å². The number of hydrogen-bond acceptors (Lipinski definition) is 7. The summed E-state index contributed by atoms with van der Waals surface area (Å²) >= 11 is 1.25. The van der Waals surface area contributed by atoms with Crippen LogP contribution in [0.25, 0.3) is 0 Å². The Morgan fingerprint density at radius 2 is 1.78 bits per heavy atom. The van der Waals surface area contributed by atoms with Gasteiger partial charge in [-0.15, -0.1) is 11.3 Å². The van der Waals surface area contributed by atoms with Crippen LogP contribution in [0.1, 0.15) is 44.0 Å². The predicted molar refractivity (Wildman–Crippen MR) is 111 cm³/mol. The van der Waals surface area contributed by atoms with Crippen molar-refractivity contribution in [2.24, 2.45) is 5.92 Å². The maximum absolute atomic E-state index is 12.5. The Kier molecular flexibility index (Phi) is 7.18. The van der Waals surface area contributed by atoms with Gasteiger partial charge in [-0.1, -0.05) is 0 Å². The topological polar surface area (TPSA) is 111 Å². The molecule has 0 atom stereocenters. The summed E-state index contributed by atoms with van der Waals surface area (Å²) in [7, 11) is 0. The SMILES string of the molecule is Cc1sc(NC(=O)C2CC2)c(C(=O)OCC(=O)NC(=O)c2ccc(OC(F)F)cc2)c1C. The molecule has 0 bridgehead atoms. The first kappa shape index (κ1) is 23.3. The third-order valence-electron chi connectivity index (χ3n) is 4.70. The van der Waals surface area contributed by atoms with E-state index in [1.165, 1.54) is 23.5 Å². The standard InChI is InChI=1S/C21H20F2N2O6S/c1-10-11(2)32-19(25-18(28)12-3-4-12)16(10)20(29)30-9-15(26)24-17(27)13-5-7-14(8-6-13)31-21(22)23/h5-8,12,21H,3-4,9H2,1-2H3,(H,25,28)(H,24,26,27). The molecule has 3 amide bonds. The minimum atomic E-state index is -3.00. The molecular formula is C21H20F2N2O6S. The molecule has 8 nitrogen and oxygen atoms in total. The number of halogens is 2. The molecule has 2 aromatic rings. The molecule has 1 fully saturated rings. The molecule has 1 aromatic heterocycles. The molecule has 1 aliphatic rings. The third-order valence-corrected chi connectivity index (χ3v) is 5.83. The van der Waals surface area contributed by atoms with E-state index in [9.17, 15) is 28.0 Å². The van der Waals surface area contributed by atoms with Crippen molar-refractivity contribution in [1.82, 2.24) is 5.32 Å². The van der Waals surface area contributed by atoms with E-state index in [4.69, 9.17) is 4.74 Å². The lowest BCUT2D eigenvalue weighted by Gasteiger charge is -2.09. The van der Waals surface area contributed by atoms with Crippen molar-refractivity contribution < 1.29 is 37.4 Å². The van der Waals surface area contributed by atoms with Gasteiger partial charge in [-0.25, -0.2) is 4.79 Å². The number of esters is 1. The number of benzene rings is 1. The second kappa shape index (κ2) is 9.86. The van der Waals surface area contributed by atoms with Gasteiger partial charge in [0.25, 0.3) is 11.8 Å². The number of ether oxygens (including phenoxy) is 2. The fraction of sp³-hybridized carbons (Fsp3) is 0.333. The Hall–Kier alpha value is -3.34. The highest BCUT2D eigenvalue weighted by molar-refractivity contribution is 7.16. The van der Waals surface area contributed by atoms with Gasteiger partial charge in [0, 0.05) is 16.4 Å². The van der Waals surface area contributed by atoms with Crippen LogP contribution in [0.2, 0.25) is 0 Å². The van der Waals surface area contributed by atoms with Gasteiger partial charge in [0.05, 0.1) is 5.56 Å². The number of rotatable bonds is 8. The lowest BCUT2D eigenvalue weighted by molar-refractivity contribution is -0.123. The Bertz CT molecular complexity index is 1050. The number of thiophene rings is 1. The summed E-state index contributed by atoms with van der Waals surface area (Å²) in [5, 5.41) is 5.15. The van der Waals surface area contributed by atoms with Crippen LogP contribution in [0.4, 0.5) is 13.8 Å². The molecule has 0 unspecified atom stereocenters. The highest BCUT2D eigenvalue weighted by Crippen LogP contribution is 2.36. The number of amides is 3. The quantitative estimate of drug-likeness (QED) is 0.577. The van der Waals surface area contributed by atoms with E-state index in [1.807, 2.05) is 5.32 Å². The van der Waals surface area contributed by atoms with Gasteiger partial charge in [-0.3, -0.25) is 19.7 Å². The normalized spacial score (nSPS) is 12.9. The lowest BCUT2D eigenvalue weighted by Crippen LogP contribution is -2.34. The van der Waals surface area contributed by atoms with E-state index in [1.54, 1.807) is 13.8 Å². The fourth-order valence-electron chi connectivity index (χ4n) is 2.75. The van der Waals surface area contributed by atoms with Crippen molar-refractivity contribution in [2.75, 3.05) is 11.9 Å². The summed E-state index contributed by atoms with van der Waals surface area (Å²) in [6.45, 7) is -0.210. The van der Waals surface area contributed by atoms with E-state index in [0.29, 0.717) is 10.6 Å². The predicted octanol–water partition coefficient (Wildman–Crippen LogP) is 3.43. The van der Waals surface area contributed by atoms with Gasteiger partial charge in [0.15, 0.2) is 6.61 Å². The lowest BCUT2D eigenvalue weighted by atomic mass is 10.1. The summed E-state index contributed by atoms with van der Waals surface area (Å²) < 4.78 is 33.6. The number of aryl methyl sites for hydroxylation is 1. The van der Waals surface area contributed by atoms with E-state index >= 15 is 0 Å². The largest absolute Gasteiger partial charge is 0.452 e. The van der Waals surface area contributed by atoms with Crippen molar-refractivity contribution in [3.63, 3.8) is 0 Å². The Morgan fingerprint density at radius 1 is 1.12 bits per heavy atom. The molecular weight excluding hydrogens is 446 g/mol. The molecule has 3 rings (SSSR count). The van der Waals surface area contributed by atoms with Crippen LogP contribution in [0.5, 0.6) is 5.75 Å². The number of carbonyl (C=O) groups is 4. The first-order valence-electron chi connectivity index (χ1n) is 9.62. The van der Waals surface area contributed by atoms with Crippen molar-refractivity contribution in [2.45, 2.75) is 33.3 Å². The Labute approximate surface area is 185 Å². The molecule has 1 aliphatic carbocycles. The molecule has 1 saturated carbocycles. The second-order valence-electron chi connectivity index (χ2n) is 7.11. The summed E-state index contributed by atoms with van der Waals surface area (Å²) in [5.41, 5.74) is 0.838. The van der Waals surface area contributed by atoms with Crippen molar-refractivity contribution in [1.29, 1.82) is 0 Å². The highest BCUT2D eigenvalue weighted by atomic mass is 32.1. The van der Waals surface area contributed by atoms with Crippen LogP contribution in [-0.4, -0.2) is 36.9 Å². The van der Waals surface area contributed by atoms with E-state index in [2.05, 4.69) is 10.1 Å². The average Bonchev–Trinajstić information content (AvgIpc) is 3.53. The summed E-state index contributed by atoms with van der Waals surface area (Å²) in [6, 6.07) is 4.73. The minimum Gasteiger partial charge on any atom is -0.452 e. The fourth-order valence-corrected chi connectivity index (χ4v) is 3.80. The van der Waals surface area contributed by atoms with Crippen LogP contribution >= 0.6 is 11.3 Å². The average molecular weight is 466 g/mol. The van der Waals surface area contributed by atoms with Gasteiger partial charge < -0.3 is 14.8 Å². The number of hydrogen-bond donors (Lipinski definition) is 2. The van der Waals surface area contributed by atoms with Gasteiger partial charge in [0.1, 0.15) is 10.8 Å². The molecule has 0 spiro atoms. The molecule has 0 radical (unpaired) electrons. The zero-order chi connectivity index (χ0) is 23.4. The first-order valence-corrected chi connectivity index (χ1v) is 10.4. The number of carbonyl (C=O) groups excluding carboxylic acids is 4. The maximum Gasteiger partial charge on any atom is 0.387 e. The number of nitrogens with one attached hydrogen (secondary N) is 2. The van der Waals surface area contributed by atoms with Gasteiger partial charge in [-0.2, -0.15) is 8.78 Å². The molecule has 2 N–H and O–H groups in total. The van der Waals surface area contributed by atoms with Crippen LogP contribution in [-0.2, 0) is 14.3 Å². The van der Waals surface area contributed by atoms with Gasteiger partial charge in [-0.05, 0) is 56.5 Å². The zero-order valence-corrected chi connectivity index (χ0v) is 18.0. The van der Waals surface area contributed by atoms with Crippen LogP contribution in [0.15, 0.2) is 24.3 Å². The monoisotopic (exact) mass is 466 g/mol. The number of alkyl halides is 2. The summed E-state index contributed by atoms with van der Waals surface area (Å²) in [4.78, 5) is 49.6. The second-order valence-corrected chi connectivity index (χ2v) is 8.33. The van der Waals surface area contributed by atoms with Gasteiger partial charge in [0.2, 0.25) is 5.91 Å². The zero-order valence-electron chi connectivity index (χ0n) is 17.2. The maximum atomic E-state index is 12.5. The van der Waals surface area contributed by atoms with Gasteiger partial charge >= 0.3 is 12.6 Å². The molecule has 1 heterocycles. The minimum absolute atomic E-state index is 0.0284. The molecule has 1 aromatic carbocycles. The number of imide groups is 1. The third kappa shape index (κ3) is 5.88. The molecule has 32 heavy (non-hydrogen) atoms. The summed E-state index contributed by atoms with van der Waals surface area (Å²) in [5.74, 6) is -2.81. The molecule has 0 aliphatic heterocycles. The first-order chi connectivity index (χ1) is 15.2. The smallest absolute Gasteiger partial charge is 0.387 e. The Morgan fingerprint density at radius 3 is 2.38 bits per heavy atom. The highest BCUT2D eigenvalue weighted by Gasteiger charge is 2.32. The molecule has 11 heteroatoms. The molecule has 170 valence electrons. The van der Waals surface area contributed by atoms with Crippen LogP contribution in [0.3, 0.4) is 0 Å². The van der Waals surface area contributed by atoms with E-state index in [0.717, 1.165) is 29.9 Å². The summed E-state index contributed by atoms with van der Waals surface area (Å²) in [6.07, 6.45) is 1.62. The number of anilines is 1. The molecule has 0 saturated heterocycles. The van der Waals surface area contributed by atoms with E-state index < -0.39 is 31.0 Å². The Balaban J connectivity index is 1.56. The van der Waals surface area contributed by atoms with Crippen molar-refractivity contribution >= 4 is 40.0 Å². The van der Waals surface area contributed by atoms with Crippen molar-refractivity contribution in [3.8, 4) is 5.75 Å². The van der Waals surface area contributed by atoms with Crippen LogP contribution in [0, 0.1) is 19.8 Å².